The summed E-state index contributed by atoms with van der Waals surface area (Å²) in [6.45, 7) is 6.89. The van der Waals surface area contributed by atoms with Crippen LogP contribution in [0.4, 0.5) is 4.79 Å². The van der Waals surface area contributed by atoms with Crippen LogP contribution in [-0.4, -0.2) is 59.9 Å². The summed E-state index contributed by atoms with van der Waals surface area (Å²) in [5, 5.41) is 5.90. The van der Waals surface area contributed by atoms with Gasteiger partial charge in [-0.1, -0.05) is 12.1 Å². The summed E-state index contributed by atoms with van der Waals surface area (Å²) in [7, 11) is 0. The molecular formula is C18H25N5O2. The first-order valence-electron chi connectivity index (χ1n) is 8.65. The highest BCUT2D eigenvalue weighted by Gasteiger charge is 2.12. The number of nitrogens with zero attached hydrogens (tertiary/aromatic N) is 3. The van der Waals surface area contributed by atoms with Gasteiger partial charge in [-0.15, -0.1) is 0 Å². The Balaban J connectivity index is 1.43. The molecule has 0 spiro atoms. The molecule has 2 heterocycles. The Kier molecular flexibility index (Phi) is 6.03. The fraction of sp³-hybridized carbons (Fsp3) is 0.444. The van der Waals surface area contributed by atoms with Crippen molar-refractivity contribution in [3.8, 4) is 5.69 Å². The van der Waals surface area contributed by atoms with Gasteiger partial charge in [0.1, 0.15) is 0 Å². The van der Waals surface area contributed by atoms with Crippen LogP contribution in [0.2, 0.25) is 0 Å². The molecule has 0 unspecified atom stereocenters. The maximum absolute atomic E-state index is 12.0. The number of imidazole rings is 1. The summed E-state index contributed by atoms with van der Waals surface area (Å²) in [4.78, 5) is 18.4. The van der Waals surface area contributed by atoms with Crippen LogP contribution in [0.3, 0.4) is 0 Å². The highest BCUT2D eigenvalue weighted by atomic mass is 16.5. The van der Waals surface area contributed by atoms with Gasteiger partial charge in [0.2, 0.25) is 0 Å². The van der Waals surface area contributed by atoms with Gasteiger partial charge in [-0.2, -0.15) is 0 Å². The second kappa shape index (κ2) is 8.64. The molecular weight excluding hydrogens is 318 g/mol. The number of hydrogen-bond donors (Lipinski definition) is 2. The van der Waals surface area contributed by atoms with Crippen LogP contribution in [-0.2, 0) is 4.74 Å². The molecule has 7 nitrogen and oxygen atoms in total. The van der Waals surface area contributed by atoms with E-state index in [-0.39, 0.29) is 12.1 Å². The van der Waals surface area contributed by atoms with Crippen LogP contribution in [0, 0.1) is 0 Å². The molecule has 2 N–H and O–H groups in total. The molecule has 2 amide bonds. The second-order valence-corrected chi connectivity index (χ2v) is 6.14. The van der Waals surface area contributed by atoms with Gasteiger partial charge in [0.05, 0.1) is 25.6 Å². The van der Waals surface area contributed by atoms with Crippen molar-refractivity contribution in [1.82, 2.24) is 25.1 Å². The number of hydrogen-bond acceptors (Lipinski definition) is 4. The van der Waals surface area contributed by atoms with Gasteiger partial charge in [-0.25, -0.2) is 9.78 Å². The molecule has 2 aromatic rings. The SMILES string of the molecule is C[C@H](NC(=O)NCCN1CCOCC1)c1ccc(-n2ccnc2)cc1. The normalized spacial score (nSPS) is 16.4. The largest absolute Gasteiger partial charge is 0.379 e. The Morgan fingerprint density at radius 3 is 2.72 bits per heavy atom. The van der Waals surface area contributed by atoms with E-state index in [0.29, 0.717) is 6.54 Å². The molecule has 0 bridgehead atoms. The Hall–Kier alpha value is -2.38. The summed E-state index contributed by atoms with van der Waals surface area (Å²) in [5.41, 5.74) is 2.11. The number of carbonyl (C=O) groups excluding carboxylic acids is 1. The molecule has 134 valence electrons. The lowest BCUT2D eigenvalue weighted by Crippen LogP contribution is -2.44. The Bertz CT molecular complexity index is 651. The van der Waals surface area contributed by atoms with E-state index in [1.807, 2.05) is 42.0 Å². The summed E-state index contributed by atoms with van der Waals surface area (Å²) < 4.78 is 7.26. The van der Waals surface area contributed by atoms with Crippen molar-refractivity contribution in [1.29, 1.82) is 0 Å². The fourth-order valence-corrected chi connectivity index (χ4v) is 2.83. The number of amides is 2. The molecule has 0 saturated carbocycles. The third kappa shape index (κ3) is 5.04. The van der Waals surface area contributed by atoms with Gasteiger partial charge >= 0.3 is 6.03 Å². The molecule has 3 rings (SSSR count). The number of benzene rings is 1. The summed E-state index contributed by atoms with van der Waals surface area (Å²) in [6, 6.07) is 7.89. The van der Waals surface area contributed by atoms with Crippen LogP contribution in [0.25, 0.3) is 5.69 Å². The van der Waals surface area contributed by atoms with Gasteiger partial charge in [-0.3, -0.25) is 4.90 Å². The predicted molar refractivity (Wildman–Crippen MR) is 95.8 cm³/mol. The smallest absolute Gasteiger partial charge is 0.315 e. The number of morpholine rings is 1. The zero-order chi connectivity index (χ0) is 17.5. The molecule has 25 heavy (non-hydrogen) atoms. The number of nitrogens with one attached hydrogen (secondary N) is 2. The molecule has 0 radical (unpaired) electrons. The first kappa shape index (κ1) is 17.4. The average Bonchev–Trinajstić information content (AvgIpc) is 3.17. The molecule has 1 saturated heterocycles. The van der Waals surface area contributed by atoms with Gasteiger partial charge in [-0.05, 0) is 24.6 Å². The van der Waals surface area contributed by atoms with Gasteiger partial charge in [0, 0.05) is 44.3 Å². The first-order valence-corrected chi connectivity index (χ1v) is 8.65. The van der Waals surface area contributed by atoms with E-state index in [4.69, 9.17) is 4.74 Å². The minimum Gasteiger partial charge on any atom is -0.379 e. The van der Waals surface area contributed by atoms with Crippen LogP contribution >= 0.6 is 0 Å². The monoisotopic (exact) mass is 343 g/mol. The topological polar surface area (TPSA) is 71.4 Å². The number of ether oxygens (including phenoxy) is 1. The number of carbonyl (C=O) groups is 1. The number of rotatable bonds is 6. The third-order valence-corrected chi connectivity index (χ3v) is 4.36. The van der Waals surface area contributed by atoms with E-state index in [9.17, 15) is 4.79 Å². The molecule has 1 aliphatic rings. The maximum Gasteiger partial charge on any atom is 0.315 e. The molecule has 1 aliphatic heterocycles. The van der Waals surface area contributed by atoms with Crippen molar-refractivity contribution >= 4 is 6.03 Å². The Morgan fingerprint density at radius 2 is 2.04 bits per heavy atom. The van der Waals surface area contributed by atoms with Crippen molar-refractivity contribution in [3.63, 3.8) is 0 Å². The predicted octanol–water partition coefficient (Wildman–Crippen LogP) is 1.56. The standard InChI is InChI=1S/C18H25N5O2/c1-15(16-2-4-17(5-3-16)23-9-6-19-14-23)21-18(24)20-7-8-22-10-12-25-13-11-22/h2-6,9,14-15H,7-8,10-13H2,1H3,(H2,20,21,24)/t15-/m0/s1. The highest BCUT2D eigenvalue weighted by molar-refractivity contribution is 5.74. The molecule has 1 atom stereocenters. The summed E-state index contributed by atoms with van der Waals surface area (Å²) in [6.07, 6.45) is 5.41. The van der Waals surface area contributed by atoms with E-state index in [1.165, 1.54) is 0 Å². The van der Waals surface area contributed by atoms with E-state index in [0.717, 1.165) is 44.1 Å². The van der Waals surface area contributed by atoms with Crippen molar-refractivity contribution in [3.05, 3.63) is 48.5 Å². The minimum absolute atomic E-state index is 0.0553. The maximum atomic E-state index is 12.0. The van der Waals surface area contributed by atoms with Crippen molar-refractivity contribution < 1.29 is 9.53 Å². The van der Waals surface area contributed by atoms with Crippen LogP contribution < -0.4 is 10.6 Å². The van der Waals surface area contributed by atoms with Gasteiger partial charge < -0.3 is 19.9 Å². The van der Waals surface area contributed by atoms with Crippen molar-refractivity contribution in [2.24, 2.45) is 0 Å². The molecule has 1 aromatic carbocycles. The number of urea groups is 1. The average molecular weight is 343 g/mol. The van der Waals surface area contributed by atoms with E-state index in [1.54, 1.807) is 12.5 Å². The van der Waals surface area contributed by atoms with Gasteiger partial charge in [0.25, 0.3) is 0 Å². The van der Waals surface area contributed by atoms with E-state index < -0.39 is 0 Å². The lowest BCUT2D eigenvalue weighted by atomic mass is 10.1. The molecule has 1 fully saturated rings. The Labute approximate surface area is 148 Å². The van der Waals surface area contributed by atoms with Gasteiger partial charge in [0.15, 0.2) is 0 Å². The third-order valence-electron chi connectivity index (χ3n) is 4.36. The lowest BCUT2D eigenvalue weighted by molar-refractivity contribution is 0.0387. The summed E-state index contributed by atoms with van der Waals surface area (Å²) in [5.74, 6) is 0. The lowest BCUT2D eigenvalue weighted by Gasteiger charge is -2.26. The summed E-state index contributed by atoms with van der Waals surface area (Å²) >= 11 is 0. The van der Waals surface area contributed by atoms with Crippen LogP contribution in [0.1, 0.15) is 18.5 Å². The molecule has 7 heteroatoms. The minimum atomic E-state index is -0.139. The van der Waals surface area contributed by atoms with E-state index in [2.05, 4.69) is 20.5 Å². The Morgan fingerprint density at radius 1 is 1.28 bits per heavy atom. The second-order valence-electron chi connectivity index (χ2n) is 6.14. The molecule has 1 aromatic heterocycles. The molecule has 0 aliphatic carbocycles. The fourth-order valence-electron chi connectivity index (χ4n) is 2.83. The zero-order valence-electron chi connectivity index (χ0n) is 14.5. The number of aromatic nitrogens is 2. The van der Waals surface area contributed by atoms with Crippen molar-refractivity contribution in [2.75, 3.05) is 39.4 Å². The van der Waals surface area contributed by atoms with Crippen LogP contribution in [0.15, 0.2) is 43.0 Å². The zero-order valence-corrected chi connectivity index (χ0v) is 14.5. The first-order chi connectivity index (χ1) is 12.2. The van der Waals surface area contributed by atoms with E-state index >= 15 is 0 Å². The highest BCUT2D eigenvalue weighted by Crippen LogP contribution is 2.15. The van der Waals surface area contributed by atoms with Crippen molar-refractivity contribution in [2.45, 2.75) is 13.0 Å². The quantitative estimate of drug-likeness (QED) is 0.835. The van der Waals surface area contributed by atoms with Crippen LogP contribution in [0.5, 0.6) is 0 Å².